The first-order valence-corrected chi connectivity index (χ1v) is 4.23. The number of hydrogen-bond donors (Lipinski definition) is 1. The lowest BCUT2D eigenvalue weighted by Crippen LogP contribution is -2.05. The van der Waals surface area contributed by atoms with Gasteiger partial charge in [0.25, 0.3) is 0 Å². The van der Waals surface area contributed by atoms with Crippen LogP contribution < -0.4 is 5.32 Å². The van der Waals surface area contributed by atoms with Crippen molar-refractivity contribution in [3.8, 4) is 0 Å². The van der Waals surface area contributed by atoms with E-state index in [1.165, 1.54) is 5.56 Å². The molecule has 2 aromatic rings. The Labute approximate surface area is 76.8 Å². The minimum absolute atomic E-state index is 0.845. The van der Waals surface area contributed by atoms with Gasteiger partial charge in [-0.1, -0.05) is 0 Å². The summed E-state index contributed by atoms with van der Waals surface area (Å²) >= 11 is 0. The van der Waals surface area contributed by atoms with Gasteiger partial charge in [-0.25, -0.2) is 0 Å². The Morgan fingerprint density at radius 3 is 3.15 bits per heavy atom. The molecule has 0 saturated carbocycles. The maximum absolute atomic E-state index is 4.32. The fourth-order valence-corrected chi connectivity index (χ4v) is 1.32. The van der Waals surface area contributed by atoms with Gasteiger partial charge in [0.2, 0.25) is 0 Å². The molecule has 3 nitrogen and oxygen atoms in total. The third kappa shape index (κ3) is 1.65. The van der Waals surface area contributed by atoms with E-state index in [2.05, 4.69) is 21.4 Å². The van der Waals surface area contributed by atoms with Crippen molar-refractivity contribution in [1.82, 2.24) is 15.3 Å². The molecule has 0 aliphatic rings. The molecule has 1 N–H and O–H groups in total. The predicted molar refractivity (Wildman–Crippen MR) is 52.3 cm³/mol. The first kappa shape index (κ1) is 8.13. The van der Waals surface area contributed by atoms with Crippen molar-refractivity contribution in [2.45, 2.75) is 6.54 Å². The lowest BCUT2D eigenvalue weighted by Gasteiger charge is -2.00. The van der Waals surface area contributed by atoms with Gasteiger partial charge in [0.15, 0.2) is 0 Å². The Kier molecular flexibility index (Phi) is 2.19. The van der Waals surface area contributed by atoms with E-state index in [-0.39, 0.29) is 0 Å². The van der Waals surface area contributed by atoms with Crippen LogP contribution in [0.5, 0.6) is 0 Å². The first-order chi connectivity index (χ1) is 6.40. The zero-order valence-electron chi connectivity index (χ0n) is 7.49. The summed E-state index contributed by atoms with van der Waals surface area (Å²) in [5, 5.41) is 4.18. The quantitative estimate of drug-likeness (QED) is 0.745. The third-order valence-electron chi connectivity index (χ3n) is 1.92. The third-order valence-corrected chi connectivity index (χ3v) is 1.92. The van der Waals surface area contributed by atoms with Gasteiger partial charge in [-0.3, -0.25) is 9.97 Å². The Hall–Kier alpha value is -1.48. The number of rotatable bonds is 2. The molecule has 0 spiro atoms. The Balaban J connectivity index is 2.49. The molecule has 0 radical (unpaired) electrons. The monoisotopic (exact) mass is 173 g/mol. The smallest absolute Gasteiger partial charge is 0.0732 e. The fourth-order valence-electron chi connectivity index (χ4n) is 1.32. The Bertz CT molecular complexity index is 412. The summed E-state index contributed by atoms with van der Waals surface area (Å²) in [6.07, 6.45) is 5.48. The summed E-state index contributed by atoms with van der Waals surface area (Å²) in [4.78, 5) is 8.37. The van der Waals surface area contributed by atoms with Crippen molar-refractivity contribution in [2.24, 2.45) is 0 Å². The highest BCUT2D eigenvalue weighted by Gasteiger charge is 1.95. The van der Waals surface area contributed by atoms with E-state index in [1.807, 2.05) is 25.5 Å². The van der Waals surface area contributed by atoms with E-state index in [4.69, 9.17) is 0 Å². The highest BCUT2D eigenvalue weighted by molar-refractivity contribution is 5.77. The van der Waals surface area contributed by atoms with Gasteiger partial charge in [-0.15, -0.1) is 0 Å². The highest BCUT2D eigenvalue weighted by Crippen LogP contribution is 2.10. The fraction of sp³-hybridized carbons (Fsp3) is 0.200. The maximum atomic E-state index is 4.32. The molecular weight excluding hydrogens is 162 g/mol. The summed E-state index contributed by atoms with van der Waals surface area (Å²) < 4.78 is 0. The molecule has 2 rings (SSSR count). The van der Waals surface area contributed by atoms with Crippen LogP contribution in [0.3, 0.4) is 0 Å². The second kappa shape index (κ2) is 3.49. The Morgan fingerprint density at radius 2 is 2.31 bits per heavy atom. The topological polar surface area (TPSA) is 37.8 Å². The maximum Gasteiger partial charge on any atom is 0.0732 e. The van der Waals surface area contributed by atoms with Gasteiger partial charge in [-0.05, 0) is 24.7 Å². The molecule has 0 saturated heterocycles. The van der Waals surface area contributed by atoms with E-state index in [9.17, 15) is 0 Å². The van der Waals surface area contributed by atoms with Crippen LogP contribution in [0.15, 0.2) is 30.7 Å². The largest absolute Gasteiger partial charge is 0.316 e. The number of fused-ring (bicyclic) bond motifs is 1. The van der Waals surface area contributed by atoms with Gasteiger partial charge in [0, 0.05) is 30.5 Å². The molecule has 0 unspecified atom stereocenters. The van der Waals surface area contributed by atoms with Crippen molar-refractivity contribution >= 4 is 10.9 Å². The van der Waals surface area contributed by atoms with Crippen LogP contribution in [0.2, 0.25) is 0 Å². The van der Waals surface area contributed by atoms with Crippen molar-refractivity contribution < 1.29 is 0 Å². The molecule has 0 aliphatic carbocycles. The molecule has 0 bridgehead atoms. The lowest BCUT2D eigenvalue weighted by atomic mass is 10.2. The molecule has 66 valence electrons. The average Bonchev–Trinajstić information content (AvgIpc) is 2.18. The standard InChI is InChI=1S/C10H11N3/c1-11-5-8-4-9-7-12-3-2-10(9)13-6-8/h2-4,6-7,11H,5H2,1H3. The molecule has 2 heterocycles. The van der Waals surface area contributed by atoms with E-state index in [0.29, 0.717) is 0 Å². The normalized spacial score (nSPS) is 10.5. The minimum Gasteiger partial charge on any atom is -0.316 e. The molecule has 0 aliphatic heterocycles. The number of aromatic nitrogens is 2. The van der Waals surface area contributed by atoms with Crippen molar-refractivity contribution in [1.29, 1.82) is 0 Å². The average molecular weight is 173 g/mol. The molecule has 0 aromatic carbocycles. The summed E-state index contributed by atoms with van der Waals surface area (Å²) in [6, 6.07) is 4.02. The number of nitrogens with zero attached hydrogens (tertiary/aromatic N) is 2. The van der Waals surface area contributed by atoms with Crippen LogP contribution in [-0.2, 0) is 6.54 Å². The number of nitrogens with one attached hydrogen (secondary N) is 1. The van der Waals surface area contributed by atoms with Crippen LogP contribution in [0.25, 0.3) is 10.9 Å². The molecule has 3 heteroatoms. The molecule has 0 fully saturated rings. The number of hydrogen-bond acceptors (Lipinski definition) is 3. The van der Waals surface area contributed by atoms with Gasteiger partial charge in [0.05, 0.1) is 5.52 Å². The van der Waals surface area contributed by atoms with Crippen molar-refractivity contribution in [3.05, 3.63) is 36.3 Å². The van der Waals surface area contributed by atoms with E-state index in [1.54, 1.807) is 6.20 Å². The van der Waals surface area contributed by atoms with Gasteiger partial charge < -0.3 is 5.32 Å². The highest BCUT2D eigenvalue weighted by atomic mass is 14.8. The SMILES string of the molecule is CNCc1cnc2ccncc2c1. The summed E-state index contributed by atoms with van der Waals surface area (Å²) in [5.74, 6) is 0. The van der Waals surface area contributed by atoms with Gasteiger partial charge in [0.1, 0.15) is 0 Å². The van der Waals surface area contributed by atoms with Crippen molar-refractivity contribution in [2.75, 3.05) is 7.05 Å². The lowest BCUT2D eigenvalue weighted by molar-refractivity contribution is 0.815. The Morgan fingerprint density at radius 1 is 1.38 bits per heavy atom. The van der Waals surface area contributed by atoms with Crippen LogP contribution in [-0.4, -0.2) is 17.0 Å². The van der Waals surface area contributed by atoms with Gasteiger partial charge >= 0.3 is 0 Å². The first-order valence-electron chi connectivity index (χ1n) is 4.23. The van der Waals surface area contributed by atoms with Crippen LogP contribution in [0.4, 0.5) is 0 Å². The molecule has 13 heavy (non-hydrogen) atoms. The minimum atomic E-state index is 0.845. The molecule has 0 amide bonds. The predicted octanol–water partition coefficient (Wildman–Crippen LogP) is 1.35. The second-order valence-corrected chi connectivity index (χ2v) is 2.94. The second-order valence-electron chi connectivity index (χ2n) is 2.94. The van der Waals surface area contributed by atoms with E-state index in [0.717, 1.165) is 17.4 Å². The van der Waals surface area contributed by atoms with Gasteiger partial charge in [-0.2, -0.15) is 0 Å². The van der Waals surface area contributed by atoms with Crippen LogP contribution in [0.1, 0.15) is 5.56 Å². The zero-order valence-corrected chi connectivity index (χ0v) is 7.49. The summed E-state index contributed by atoms with van der Waals surface area (Å²) in [7, 11) is 1.92. The van der Waals surface area contributed by atoms with Crippen LogP contribution in [0, 0.1) is 0 Å². The zero-order chi connectivity index (χ0) is 9.10. The van der Waals surface area contributed by atoms with E-state index < -0.39 is 0 Å². The molecule has 2 aromatic heterocycles. The van der Waals surface area contributed by atoms with Crippen LogP contribution >= 0.6 is 0 Å². The molecule has 0 atom stereocenters. The number of pyridine rings is 2. The molecular formula is C10H11N3. The van der Waals surface area contributed by atoms with Crippen molar-refractivity contribution in [3.63, 3.8) is 0 Å². The van der Waals surface area contributed by atoms with E-state index >= 15 is 0 Å². The summed E-state index contributed by atoms with van der Waals surface area (Å²) in [6.45, 7) is 0.845. The summed E-state index contributed by atoms with van der Waals surface area (Å²) in [5.41, 5.74) is 2.18.